The maximum atomic E-state index is 6.14. The fourth-order valence-corrected chi connectivity index (χ4v) is 2.37. The van der Waals surface area contributed by atoms with Crippen molar-refractivity contribution >= 4 is 16.6 Å². The Morgan fingerprint density at radius 1 is 1.05 bits per heavy atom. The van der Waals surface area contributed by atoms with Crippen LogP contribution in [0.3, 0.4) is 0 Å². The van der Waals surface area contributed by atoms with Gasteiger partial charge in [0.25, 0.3) is 0 Å². The van der Waals surface area contributed by atoms with E-state index in [1.54, 1.807) is 7.11 Å². The first kappa shape index (κ1) is 12.5. The molecule has 0 saturated heterocycles. The number of benzene rings is 2. The van der Waals surface area contributed by atoms with Crippen LogP contribution in [0.4, 0.5) is 5.69 Å². The van der Waals surface area contributed by atoms with E-state index in [2.05, 4.69) is 0 Å². The van der Waals surface area contributed by atoms with E-state index in [0.29, 0.717) is 5.69 Å². The van der Waals surface area contributed by atoms with Crippen molar-refractivity contribution in [1.82, 2.24) is 4.98 Å². The van der Waals surface area contributed by atoms with Gasteiger partial charge in [-0.25, -0.2) is 4.98 Å². The second-order valence-corrected chi connectivity index (χ2v) is 4.81. The van der Waals surface area contributed by atoms with Gasteiger partial charge in [-0.05, 0) is 30.7 Å². The van der Waals surface area contributed by atoms with Crippen LogP contribution in [0.1, 0.15) is 5.56 Å². The number of hydrogen-bond donors (Lipinski definition) is 1. The number of pyridine rings is 1. The van der Waals surface area contributed by atoms with Crippen molar-refractivity contribution in [2.45, 2.75) is 6.92 Å². The van der Waals surface area contributed by atoms with Crippen molar-refractivity contribution in [2.75, 3.05) is 12.8 Å². The number of hydrogen-bond acceptors (Lipinski definition) is 3. The van der Waals surface area contributed by atoms with Gasteiger partial charge < -0.3 is 10.5 Å². The molecule has 3 nitrogen and oxygen atoms in total. The maximum Gasteiger partial charge on any atom is 0.122 e. The van der Waals surface area contributed by atoms with Crippen LogP contribution in [-0.4, -0.2) is 12.1 Å². The Morgan fingerprint density at radius 3 is 2.50 bits per heavy atom. The van der Waals surface area contributed by atoms with Crippen LogP contribution < -0.4 is 10.5 Å². The molecule has 2 aromatic carbocycles. The zero-order valence-corrected chi connectivity index (χ0v) is 11.6. The maximum absolute atomic E-state index is 6.14. The molecule has 0 aliphatic heterocycles. The highest BCUT2D eigenvalue weighted by molar-refractivity contribution is 5.89. The minimum absolute atomic E-state index is 0.676. The smallest absolute Gasteiger partial charge is 0.122 e. The summed E-state index contributed by atoms with van der Waals surface area (Å²) in [6.07, 6.45) is 0. The van der Waals surface area contributed by atoms with Crippen LogP contribution in [0.5, 0.6) is 5.75 Å². The molecule has 0 unspecified atom stereocenters. The third-order valence-electron chi connectivity index (χ3n) is 3.41. The predicted molar refractivity (Wildman–Crippen MR) is 82.9 cm³/mol. The minimum atomic E-state index is 0.676. The number of methoxy groups -OCH3 is 1. The Kier molecular flexibility index (Phi) is 3.03. The van der Waals surface area contributed by atoms with Crippen LogP contribution in [0.25, 0.3) is 22.2 Å². The molecule has 2 N–H and O–H groups in total. The Morgan fingerprint density at radius 2 is 1.80 bits per heavy atom. The Hall–Kier alpha value is -2.55. The first-order chi connectivity index (χ1) is 9.69. The Labute approximate surface area is 118 Å². The van der Waals surface area contributed by atoms with E-state index >= 15 is 0 Å². The number of nitrogens with zero attached hydrogens (tertiary/aromatic N) is 1. The largest absolute Gasteiger partial charge is 0.496 e. The molecule has 20 heavy (non-hydrogen) atoms. The van der Waals surface area contributed by atoms with Crippen molar-refractivity contribution in [3.63, 3.8) is 0 Å². The molecule has 0 atom stereocenters. The lowest BCUT2D eigenvalue weighted by Gasteiger charge is -2.10. The number of aryl methyl sites for hydroxylation is 1. The Balaban J connectivity index is 2.24. The lowest BCUT2D eigenvalue weighted by molar-refractivity contribution is 0.412. The molecule has 1 heterocycles. The summed E-state index contributed by atoms with van der Waals surface area (Å²) in [5.74, 6) is 0.853. The standard InChI is InChI=1S/C17H16N2O/c1-11-8-15-13(10-16(11)20-2)9-14(18)17(19-15)12-6-4-3-5-7-12/h3-10H,18H2,1-2H3. The van der Waals surface area contributed by atoms with Gasteiger partial charge >= 0.3 is 0 Å². The fraction of sp³-hybridized carbons (Fsp3) is 0.118. The van der Waals surface area contributed by atoms with E-state index in [4.69, 9.17) is 15.5 Å². The normalized spacial score (nSPS) is 10.7. The molecule has 3 rings (SSSR count). The van der Waals surface area contributed by atoms with Gasteiger partial charge in [0, 0.05) is 10.9 Å². The van der Waals surface area contributed by atoms with E-state index in [9.17, 15) is 0 Å². The third-order valence-corrected chi connectivity index (χ3v) is 3.41. The number of anilines is 1. The van der Waals surface area contributed by atoms with E-state index < -0.39 is 0 Å². The van der Waals surface area contributed by atoms with Gasteiger partial charge in [-0.1, -0.05) is 30.3 Å². The van der Waals surface area contributed by atoms with Gasteiger partial charge in [0.15, 0.2) is 0 Å². The summed E-state index contributed by atoms with van der Waals surface area (Å²) in [5, 5.41) is 0.990. The summed E-state index contributed by atoms with van der Waals surface area (Å²) in [5.41, 5.74) is 10.7. The molecule has 1 aromatic heterocycles. The van der Waals surface area contributed by atoms with Crippen molar-refractivity contribution in [2.24, 2.45) is 0 Å². The van der Waals surface area contributed by atoms with Gasteiger partial charge in [-0.15, -0.1) is 0 Å². The molecule has 0 aliphatic rings. The molecule has 0 bridgehead atoms. The van der Waals surface area contributed by atoms with Crippen molar-refractivity contribution in [1.29, 1.82) is 0 Å². The minimum Gasteiger partial charge on any atom is -0.496 e. The molecule has 100 valence electrons. The van der Waals surface area contributed by atoms with Gasteiger partial charge in [0.05, 0.1) is 24.0 Å². The van der Waals surface area contributed by atoms with E-state index in [0.717, 1.165) is 33.5 Å². The molecule has 0 fully saturated rings. The Bertz CT molecular complexity index is 767. The predicted octanol–water partition coefficient (Wildman–Crippen LogP) is 3.80. The average molecular weight is 264 g/mol. The monoisotopic (exact) mass is 264 g/mol. The number of rotatable bonds is 2. The average Bonchev–Trinajstić information content (AvgIpc) is 2.47. The first-order valence-corrected chi connectivity index (χ1v) is 6.49. The van der Waals surface area contributed by atoms with E-state index in [-0.39, 0.29) is 0 Å². The number of nitrogen functional groups attached to an aromatic ring is 1. The number of nitrogens with two attached hydrogens (primary N) is 1. The summed E-state index contributed by atoms with van der Waals surface area (Å²) in [6, 6.07) is 15.9. The van der Waals surface area contributed by atoms with Gasteiger partial charge in [-0.3, -0.25) is 0 Å². The quantitative estimate of drug-likeness (QED) is 0.765. The van der Waals surface area contributed by atoms with Crippen LogP contribution in [0.15, 0.2) is 48.5 Å². The van der Waals surface area contributed by atoms with Crippen molar-refractivity contribution < 1.29 is 4.74 Å². The van der Waals surface area contributed by atoms with Crippen molar-refractivity contribution in [3.05, 3.63) is 54.1 Å². The summed E-state index contributed by atoms with van der Waals surface area (Å²) >= 11 is 0. The zero-order chi connectivity index (χ0) is 14.1. The van der Waals surface area contributed by atoms with Gasteiger partial charge in [0.1, 0.15) is 5.75 Å². The van der Waals surface area contributed by atoms with Gasteiger partial charge in [-0.2, -0.15) is 0 Å². The molecule has 0 aliphatic carbocycles. The SMILES string of the molecule is COc1cc2cc(N)c(-c3ccccc3)nc2cc1C. The highest BCUT2D eigenvalue weighted by Gasteiger charge is 2.09. The van der Waals surface area contributed by atoms with Crippen LogP contribution in [-0.2, 0) is 0 Å². The van der Waals surface area contributed by atoms with Crippen LogP contribution >= 0.6 is 0 Å². The highest BCUT2D eigenvalue weighted by atomic mass is 16.5. The summed E-state index contributed by atoms with van der Waals surface area (Å²) in [6.45, 7) is 2.01. The van der Waals surface area contributed by atoms with Crippen LogP contribution in [0, 0.1) is 6.92 Å². The zero-order valence-electron chi connectivity index (χ0n) is 11.6. The van der Waals surface area contributed by atoms with E-state index in [1.165, 1.54) is 0 Å². The summed E-state index contributed by atoms with van der Waals surface area (Å²) in [7, 11) is 1.67. The summed E-state index contributed by atoms with van der Waals surface area (Å²) in [4.78, 5) is 4.70. The third kappa shape index (κ3) is 2.07. The molecule has 0 radical (unpaired) electrons. The second kappa shape index (κ2) is 4.85. The number of ether oxygens (including phenoxy) is 1. The topological polar surface area (TPSA) is 48.1 Å². The fourth-order valence-electron chi connectivity index (χ4n) is 2.37. The molecular formula is C17H16N2O. The number of fused-ring (bicyclic) bond motifs is 1. The first-order valence-electron chi connectivity index (χ1n) is 6.49. The van der Waals surface area contributed by atoms with Gasteiger partial charge in [0.2, 0.25) is 0 Å². The van der Waals surface area contributed by atoms with Crippen LogP contribution in [0.2, 0.25) is 0 Å². The molecule has 0 spiro atoms. The molecule has 3 aromatic rings. The summed E-state index contributed by atoms with van der Waals surface area (Å²) < 4.78 is 5.34. The molecule has 3 heteroatoms. The highest BCUT2D eigenvalue weighted by Crippen LogP contribution is 2.30. The second-order valence-electron chi connectivity index (χ2n) is 4.81. The lowest BCUT2D eigenvalue weighted by Crippen LogP contribution is -1.96. The molecular weight excluding hydrogens is 248 g/mol. The van der Waals surface area contributed by atoms with E-state index in [1.807, 2.05) is 55.5 Å². The lowest BCUT2D eigenvalue weighted by atomic mass is 10.1. The number of aromatic nitrogens is 1. The van der Waals surface area contributed by atoms with Crippen molar-refractivity contribution in [3.8, 4) is 17.0 Å². The molecule has 0 saturated carbocycles. The molecule has 0 amide bonds.